The van der Waals surface area contributed by atoms with Gasteiger partial charge in [-0.1, -0.05) is 0 Å². The van der Waals surface area contributed by atoms with Crippen LogP contribution in [-0.4, -0.2) is 60.5 Å². The number of sulfone groups is 1. The molecule has 2 aliphatic heterocycles. The van der Waals surface area contributed by atoms with E-state index in [9.17, 15) is 18.0 Å². The Bertz CT molecular complexity index is 761. The van der Waals surface area contributed by atoms with E-state index in [0.29, 0.717) is 0 Å². The van der Waals surface area contributed by atoms with Crippen LogP contribution in [0.5, 0.6) is 0 Å². The van der Waals surface area contributed by atoms with Crippen LogP contribution in [0.2, 0.25) is 0 Å². The molecule has 1 amide bonds. The Morgan fingerprint density at radius 3 is 2.33 bits per heavy atom. The summed E-state index contributed by atoms with van der Waals surface area (Å²) in [7, 11) is -0.542. The first-order valence-electron chi connectivity index (χ1n) is 7.33. The first-order chi connectivity index (χ1) is 10.8. The number of halogens is 1. The van der Waals surface area contributed by atoms with Crippen molar-refractivity contribution in [1.82, 2.24) is 9.80 Å². The molecule has 0 radical (unpaired) electrons. The van der Waals surface area contributed by atoms with Gasteiger partial charge in [0.05, 0.1) is 4.91 Å². The molecule has 0 N–H and O–H groups in total. The smallest absolute Gasteiger partial charge is 0.355 e. The molecular formula is C15H21ClN2O5S. The summed E-state index contributed by atoms with van der Waals surface area (Å²) in [5, 5.41) is -2.50. The molecule has 2 aliphatic rings. The molecule has 24 heavy (non-hydrogen) atoms. The van der Waals surface area contributed by atoms with E-state index in [2.05, 4.69) is 0 Å². The van der Waals surface area contributed by atoms with Gasteiger partial charge in [-0.15, -0.1) is 11.6 Å². The number of rotatable bonds is 2. The summed E-state index contributed by atoms with van der Waals surface area (Å²) in [5.41, 5.74) is -0.679. The standard InChI is InChI=1S/C15H21ClN2O5S/c1-8-9(7-17(5)6)24(21,22)13-10(16)12(19)18(13)11(8)14(20)23-15(2,3)4/h7,10,13H,1-6H3/t10-,13+/m0/s1. The first kappa shape index (κ1) is 18.8. The van der Waals surface area contributed by atoms with E-state index in [4.69, 9.17) is 16.3 Å². The second-order valence-corrected chi connectivity index (χ2v) is 9.46. The number of nitrogens with zero attached hydrogens (tertiary/aromatic N) is 2. The van der Waals surface area contributed by atoms with Crippen LogP contribution >= 0.6 is 11.6 Å². The Hall–Kier alpha value is -1.54. The van der Waals surface area contributed by atoms with Crippen molar-refractivity contribution in [2.75, 3.05) is 14.1 Å². The van der Waals surface area contributed by atoms with Gasteiger partial charge in [0.25, 0.3) is 0 Å². The fourth-order valence-corrected chi connectivity index (χ4v) is 5.27. The molecule has 0 aromatic carbocycles. The Labute approximate surface area is 146 Å². The maximum absolute atomic E-state index is 12.8. The number of β-lactam (4-membered cyclic amide) rings is 1. The lowest BCUT2D eigenvalue weighted by atomic mass is 10.1. The summed E-state index contributed by atoms with van der Waals surface area (Å²) in [6, 6.07) is 0. The SMILES string of the molecule is CC1=C(C(=O)OC(C)(C)C)N2C(=O)[C@H](Cl)[C@H]2S(=O)(=O)C1=CN(C)C. The van der Waals surface area contributed by atoms with E-state index in [1.165, 1.54) is 13.1 Å². The zero-order valence-corrected chi connectivity index (χ0v) is 16.0. The maximum Gasteiger partial charge on any atom is 0.355 e. The van der Waals surface area contributed by atoms with Crippen LogP contribution in [0.25, 0.3) is 0 Å². The molecule has 2 atom stereocenters. The Morgan fingerprint density at radius 2 is 1.88 bits per heavy atom. The molecule has 9 heteroatoms. The monoisotopic (exact) mass is 376 g/mol. The number of hydrogen-bond acceptors (Lipinski definition) is 6. The van der Waals surface area contributed by atoms with Crippen molar-refractivity contribution in [3.8, 4) is 0 Å². The minimum absolute atomic E-state index is 0.0345. The molecule has 7 nitrogen and oxygen atoms in total. The molecule has 1 saturated heterocycles. The second-order valence-electron chi connectivity index (χ2n) is 6.98. The Balaban J connectivity index is 2.66. The second kappa shape index (κ2) is 5.77. The molecule has 0 saturated carbocycles. The van der Waals surface area contributed by atoms with E-state index < -0.39 is 38.1 Å². The number of allylic oxidation sites excluding steroid dienone is 1. The maximum atomic E-state index is 12.8. The molecule has 1 fully saturated rings. The third-order valence-electron chi connectivity index (χ3n) is 3.54. The predicted octanol–water partition coefficient (Wildman–Crippen LogP) is 1.21. The topological polar surface area (TPSA) is 84.0 Å². The summed E-state index contributed by atoms with van der Waals surface area (Å²) in [6.45, 7) is 6.56. The lowest BCUT2D eigenvalue weighted by molar-refractivity contribution is -0.157. The van der Waals surface area contributed by atoms with Crippen LogP contribution in [0.3, 0.4) is 0 Å². The molecule has 2 heterocycles. The largest absolute Gasteiger partial charge is 0.455 e. The van der Waals surface area contributed by atoms with Gasteiger partial charge in [-0.2, -0.15) is 0 Å². The van der Waals surface area contributed by atoms with Crippen molar-refractivity contribution in [3.63, 3.8) is 0 Å². The number of carbonyl (C=O) groups is 2. The van der Waals surface area contributed by atoms with Crippen molar-refractivity contribution in [2.45, 2.75) is 44.0 Å². The summed E-state index contributed by atoms with van der Waals surface area (Å²) in [6.07, 6.45) is 1.40. The van der Waals surface area contributed by atoms with E-state index in [1.807, 2.05) is 0 Å². The van der Waals surface area contributed by atoms with Crippen molar-refractivity contribution < 1.29 is 22.7 Å². The van der Waals surface area contributed by atoms with E-state index >= 15 is 0 Å². The molecule has 2 rings (SSSR count). The third kappa shape index (κ3) is 2.93. The molecular weight excluding hydrogens is 356 g/mol. The average molecular weight is 377 g/mol. The van der Waals surface area contributed by atoms with Crippen molar-refractivity contribution in [2.24, 2.45) is 0 Å². The average Bonchev–Trinajstić information content (AvgIpc) is 2.39. The van der Waals surface area contributed by atoms with Crippen LogP contribution in [0.15, 0.2) is 22.4 Å². The number of carbonyl (C=O) groups excluding carboxylic acids is 2. The van der Waals surface area contributed by atoms with Crippen LogP contribution in [-0.2, 0) is 24.2 Å². The van der Waals surface area contributed by atoms with Gasteiger partial charge in [0, 0.05) is 25.9 Å². The fourth-order valence-electron chi connectivity index (χ4n) is 2.59. The lowest BCUT2D eigenvalue weighted by Gasteiger charge is -2.47. The zero-order valence-electron chi connectivity index (χ0n) is 14.5. The molecule has 0 aromatic heterocycles. The Morgan fingerprint density at radius 1 is 1.33 bits per heavy atom. The van der Waals surface area contributed by atoms with Crippen molar-refractivity contribution in [1.29, 1.82) is 0 Å². The summed E-state index contributed by atoms with van der Waals surface area (Å²) in [4.78, 5) is 27.1. The minimum Gasteiger partial charge on any atom is -0.455 e. The van der Waals surface area contributed by atoms with Gasteiger partial charge in [0.1, 0.15) is 16.7 Å². The molecule has 0 aromatic rings. The van der Waals surface area contributed by atoms with Crippen LogP contribution in [0.4, 0.5) is 0 Å². The number of hydrogen-bond donors (Lipinski definition) is 0. The van der Waals surface area contributed by atoms with E-state index in [0.717, 1.165) is 4.90 Å². The number of esters is 1. The minimum atomic E-state index is -3.87. The lowest BCUT2D eigenvalue weighted by Crippen LogP contribution is -2.67. The molecule has 0 unspecified atom stereocenters. The highest BCUT2D eigenvalue weighted by molar-refractivity contribution is 7.96. The van der Waals surface area contributed by atoms with Crippen LogP contribution in [0.1, 0.15) is 27.7 Å². The molecule has 0 bridgehead atoms. The third-order valence-corrected chi connectivity index (χ3v) is 6.25. The first-order valence-corrected chi connectivity index (χ1v) is 9.31. The van der Waals surface area contributed by atoms with Gasteiger partial charge in [0.2, 0.25) is 15.7 Å². The number of fused-ring (bicyclic) bond motifs is 1. The highest BCUT2D eigenvalue weighted by atomic mass is 35.5. The highest BCUT2D eigenvalue weighted by Crippen LogP contribution is 2.44. The van der Waals surface area contributed by atoms with Gasteiger partial charge in [-0.05, 0) is 27.7 Å². The van der Waals surface area contributed by atoms with E-state index in [1.54, 1.807) is 39.8 Å². The van der Waals surface area contributed by atoms with Gasteiger partial charge in [0.15, 0.2) is 5.37 Å². The molecule has 0 aliphatic carbocycles. The molecule has 134 valence electrons. The highest BCUT2D eigenvalue weighted by Gasteiger charge is 2.61. The Kier molecular flexibility index (Phi) is 4.52. The van der Waals surface area contributed by atoms with Crippen molar-refractivity contribution >= 4 is 33.3 Å². The normalized spacial score (nSPS) is 27.7. The quantitative estimate of drug-likeness (QED) is 0.409. The zero-order chi connectivity index (χ0) is 18.6. The van der Waals surface area contributed by atoms with E-state index in [-0.39, 0.29) is 16.2 Å². The summed E-state index contributed by atoms with van der Waals surface area (Å²) < 4.78 is 30.9. The van der Waals surface area contributed by atoms with Crippen molar-refractivity contribution in [3.05, 3.63) is 22.4 Å². The summed E-state index contributed by atoms with van der Waals surface area (Å²) >= 11 is 5.92. The van der Waals surface area contributed by atoms with Gasteiger partial charge >= 0.3 is 5.97 Å². The molecule has 0 spiro atoms. The summed E-state index contributed by atoms with van der Waals surface area (Å²) in [5.74, 6) is -1.36. The van der Waals surface area contributed by atoms with Gasteiger partial charge < -0.3 is 9.64 Å². The van der Waals surface area contributed by atoms with Crippen LogP contribution in [0, 0.1) is 0 Å². The predicted molar refractivity (Wildman–Crippen MR) is 89.5 cm³/mol. The number of alkyl halides is 1. The van der Waals surface area contributed by atoms with Crippen LogP contribution < -0.4 is 0 Å². The van der Waals surface area contributed by atoms with Gasteiger partial charge in [-0.3, -0.25) is 9.69 Å². The van der Waals surface area contributed by atoms with Gasteiger partial charge in [-0.25, -0.2) is 13.2 Å². The fraction of sp³-hybridized carbons (Fsp3) is 0.600. The number of ether oxygens (including phenoxy) is 1. The number of amides is 1.